The predicted molar refractivity (Wildman–Crippen MR) is 100 cm³/mol. The highest BCUT2D eigenvalue weighted by molar-refractivity contribution is 7.80. The zero-order valence-electron chi connectivity index (χ0n) is 14.1. The van der Waals surface area contributed by atoms with Gasteiger partial charge in [-0.25, -0.2) is 0 Å². The molecular weight excluding hydrogens is 340 g/mol. The van der Waals surface area contributed by atoms with Crippen LogP contribution in [0.4, 0.5) is 5.69 Å². The summed E-state index contributed by atoms with van der Waals surface area (Å²) in [4.78, 5) is 11.9. The number of rotatable bonds is 7. The molecule has 0 radical (unpaired) electrons. The van der Waals surface area contributed by atoms with E-state index in [-0.39, 0.29) is 17.6 Å². The van der Waals surface area contributed by atoms with Gasteiger partial charge < -0.3 is 19.5 Å². The Balaban J connectivity index is 1.80. The first kappa shape index (κ1) is 18.5. The van der Waals surface area contributed by atoms with Crippen LogP contribution >= 0.6 is 12.2 Å². The van der Waals surface area contributed by atoms with Gasteiger partial charge in [-0.2, -0.15) is 0 Å². The lowest BCUT2D eigenvalue weighted by Gasteiger charge is -2.12. The number of hydrogen-bond acceptors (Lipinski definition) is 5. The van der Waals surface area contributed by atoms with Crippen molar-refractivity contribution in [2.75, 3.05) is 25.6 Å². The van der Waals surface area contributed by atoms with E-state index in [1.807, 2.05) is 37.3 Å². The van der Waals surface area contributed by atoms with E-state index in [2.05, 4.69) is 10.6 Å². The van der Waals surface area contributed by atoms with Gasteiger partial charge in [0, 0.05) is 5.69 Å². The molecule has 132 valence electrons. The number of benzene rings is 2. The van der Waals surface area contributed by atoms with Crippen molar-refractivity contribution in [2.45, 2.75) is 6.92 Å². The van der Waals surface area contributed by atoms with Gasteiger partial charge in [0.1, 0.15) is 5.75 Å². The van der Waals surface area contributed by atoms with E-state index in [4.69, 9.17) is 26.4 Å². The topological polar surface area (TPSA) is 68.8 Å². The zero-order valence-corrected chi connectivity index (χ0v) is 14.9. The van der Waals surface area contributed by atoms with Crippen molar-refractivity contribution < 1.29 is 19.0 Å². The van der Waals surface area contributed by atoms with Gasteiger partial charge in [0.25, 0.3) is 5.91 Å². The van der Waals surface area contributed by atoms with E-state index in [9.17, 15) is 4.79 Å². The minimum Gasteiger partial charge on any atom is -0.494 e. The van der Waals surface area contributed by atoms with E-state index in [1.165, 1.54) is 7.11 Å². The summed E-state index contributed by atoms with van der Waals surface area (Å²) >= 11 is 5.12. The maximum atomic E-state index is 11.9. The van der Waals surface area contributed by atoms with Crippen molar-refractivity contribution in [1.82, 2.24) is 5.32 Å². The standard InChI is InChI=1S/C18H20N2O4S/c1-3-23-14-10-8-13(9-11-14)19-18(25)20-17(21)12-24-16-7-5-4-6-15(16)22-2/h4-11H,3,12H2,1-2H3,(H2,19,20,21,25). The minimum absolute atomic E-state index is 0.175. The average Bonchev–Trinajstić information content (AvgIpc) is 2.62. The molecule has 0 spiro atoms. The second-order valence-corrected chi connectivity index (χ2v) is 5.31. The van der Waals surface area contributed by atoms with Crippen molar-refractivity contribution >= 4 is 28.9 Å². The first-order chi connectivity index (χ1) is 12.1. The number of methoxy groups -OCH3 is 1. The minimum atomic E-state index is -0.366. The number of para-hydroxylation sites is 2. The third-order valence-corrected chi connectivity index (χ3v) is 3.31. The molecule has 0 unspecified atom stereocenters. The molecule has 2 aromatic carbocycles. The Morgan fingerprint density at radius 1 is 1.04 bits per heavy atom. The average molecular weight is 360 g/mol. The number of amides is 1. The lowest BCUT2D eigenvalue weighted by Crippen LogP contribution is -2.37. The summed E-state index contributed by atoms with van der Waals surface area (Å²) in [5, 5.41) is 5.68. The summed E-state index contributed by atoms with van der Waals surface area (Å²) in [6, 6.07) is 14.4. The molecule has 0 aliphatic rings. The van der Waals surface area contributed by atoms with E-state index >= 15 is 0 Å². The molecule has 1 amide bonds. The lowest BCUT2D eigenvalue weighted by atomic mass is 10.3. The third kappa shape index (κ3) is 5.96. The summed E-state index contributed by atoms with van der Waals surface area (Å²) in [5.41, 5.74) is 0.749. The Morgan fingerprint density at radius 3 is 2.36 bits per heavy atom. The Labute approximate surface area is 152 Å². The van der Waals surface area contributed by atoms with Crippen LogP contribution in [0.3, 0.4) is 0 Å². The van der Waals surface area contributed by atoms with E-state index in [1.54, 1.807) is 18.2 Å². The van der Waals surface area contributed by atoms with Crippen molar-refractivity contribution in [3.05, 3.63) is 48.5 Å². The van der Waals surface area contributed by atoms with Gasteiger partial charge in [0.05, 0.1) is 13.7 Å². The second-order valence-electron chi connectivity index (χ2n) is 4.90. The monoisotopic (exact) mass is 360 g/mol. The molecule has 0 aromatic heterocycles. The van der Waals surface area contributed by atoms with Crippen LogP contribution in [0.25, 0.3) is 0 Å². The van der Waals surface area contributed by atoms with Crippen molar-refractivity contribution in [3.8, 4) is 17.2 Å². The number of carbonyl (C=O) groups is 1. The van der Waals surface area contributed by atoms with E-state index in [0.717, 1.165) is 11.4 Å². The fourth-order valence-electron chi connectivity index (χ4n) is 2.01. The van der Waals surface area contributed by atoms with Gasteiger partial charge in [0.2, 0.25) is 0 Å². The molecule has 7 heteroatoms. The van der Waals surface area contributed by atoms with E-state index < -0.39 is 0 Å². The smallest absolute Gasteiger partial charge is 0.264 e. The molecular formula is C18H20N2O4S. The Bertz CT molecular complexity index is 719. The number of thiocarbonyl (C=S) groups is 1. The number of anilines is 1. The Morgan fingerprint density at radius 2 is 1.72 bits per heavy atom. The number of carbonyl (C=O) groups excluding carboxylic acids is 1. The first-order valence-corrected chi connectivity index (χ1v) is 8.12. The van der Waals surface area contributed by atoms with Crippen molar-refractivity contribution in [3.63, 3.8) is 0 Å². The highest BCUT2D eigenvalue weighted by Gasteiger charge is 2.08. The fraction of sp³-hybridized carbons (Fsp3) is 0.222. The molecule has 6 nitrogen and oxygen atoms in total. The van der Waals surface area contributed by atoms with Crippen LogP contribution in [-0.4, -0.2) is 31.3 Å². The highest BCUT2D eigenvalue weighted by Crippen LogP contribution is 2.25. The van der Waals surface area contributed by atoms with Crippen LogP contribution < -0.4 is 24.8 Å². The van der Waals surface area contributed by atoms with Crippen LogP contribution in [0.1, 0.15) is 6.92 Å². The SMILES string of the molecule is CCOc1ccc(NC(=S)NC(=O)COc2ccccc2OC)cc1. The van der Waals surface area contributed by atoms with Gasteiger partial charge in [0.15, 0.2) is 23.2 Å². The maximum absolute atomic E-state index is 11.9. The van der Waals surface area contributed by atoms with Crippen LogP contribution in [0.5, 0.6) is 17.2 Å². The lowest BCUT2D eigenvalue weighted by molar-refractivity contribution is -0.121. The molecule has 0 aliphatic heterocycles. The summed E-state index contributed by atoms with van der Waals surface area (Å²) in [7, 11) is 1.54. The van der Waals surface area contributed by atoms with Crippen LogP contribution in [-0.2, 0) is 4.79 Å². The number of ether oxygens (including phenoxy) is 3. The van der Waals surface area contributed by atoms with E-state index in [0.29, 0.717) is 18.1 Å². The van der Waals surface area contributed by atoms with Crippen molar-refractivity contribution in [1.29, 1.82) is 0 Å². The van der Waals surface area contributed by atoms with Gasteiger partial charge >= 0.3 is 0 Å². The Kier molecular flexibility index (Phi) is 7.03. The molecule has 0 saturated heterocycles. The predicted octanol–water partition coefficient (Wildman–Crippen LogP) is 2.99. The normalized spacial score (nSPS) is 9.84. The molecule has 2 aromatic rings. The van der Waals surface area contributed by atoms with Gasteiger partial charge in [-0.3, -0.25) is 10.1 Å². The fourth-order valence-corrected chi connectivity index (χ4v) is 2.24. The molecule has 2 N–H and O–H groups in total. The summed E-state index contributed by atoms with van der Waals surface area (Å²) < 4.78 is 16.0. The third-order valence-electron chi connectivity index (χ3n) is 3.10. The molecule has 0 heterocycles. The quantitative estimate of drug-likeness (QED) is 0.740. The molecule has 0 fully saturated rings. The van der Waals surface area contributed by atoms with Gasteiger partial charge in [-0.15, -0.1) is 0 Å². The van der Waals surface area contributed by atoms with Gasteiger partial charge in [-0.05, 0) is 55.5 Å². The summed E-state index contributed by atoms with van der Waals surface area (Å²) in [6.07, 6.45) is 0. The number of nitrogens with one attached hydrogen (secondary N) is 2. The van der Waals surface area contributed by atoms with Crippen LogP contribution in [0, 0.1) is 0 Å². The Hall–Kier alpha value is -2.80. The molecule has 0 aliphatic carbocycles. The van der Waals surface area contributed by atoms with Crippen molar-refractivity contribution in [2.24, 2.45) is 0 Å². The number of hydrogen-bond donors (Lipinski definition) is 2. The molecule has 0 saturated carbocycles. The van der Waals surface area contributed by atoms with Gasteiger partial charge in [-0.1, -0.05) is 12.1 Å². The maximum Gasteiger partial charge on any atom is 0.264 e. The zero-order chi connectivity index (χ0) is 18.1. The first-order valence-electron chi connectivity index (χ1n) is 7.72. The molecule has 25 heavy (non-hydrogen) atoms. The summed E-state index contributed by atoms with van der Waals surface area (Å²) in [6.45, 7) is 2.35. The molecule has 2 rings (SSSR count). The largest absolute Gasteiger partial charge is 0.494 e. The second kappa shape index (κ2) is 9.48. The molecule has 0 atom stereocenters. The molecule has 0 bridgehead atoms. The van der Waals surface area contributed by atoms with Crippen LogP contribution in [0.15, 0.2) is 48.5 Å². The van der Waals surface area contributed by atoms with Crippen LogP contribution in [0.2, 0.25) is 0 Å². The highest BCUT2D eigenvalue weighted by atomic mass is 32.1. The summed E-state index contributed by atoms with van der Waals surface area (Å²) in [5.74, 6) is 1.46.